The highest BCUT2D eigenvalue weighted by Gasteiger charge is 2.28. The minimum absolute atomic E-state index is 0.118. The SMILES string of the molecule is CN(CCO)c1cc2c(s1)-c1sc(C=O)cc1C2.O=Cc1cc2c(s1)-c1sc(Br)cc1C2.[C-]#[N+]/C(=C\c1cc2c(s1)-c1sc(N(C)CCO)cc1C2)C(=O)O.c1cc2c(s1)-c1sccc1C2. The van der Waals surface area contributed by atoms with E-state index in [0.717, 1.165) is 62.8 Å². The molecule has 8 heterocycles. The second kappa shape index (κ2) is 20.1. The highest BCUT2D eigenvalue weighted by Crippen LogP contribution is 2.51. The molecular weight excluding hydrogens is 1050 g/mol. The number of halogens is 1. The van der Waals surface area contributed by atoms with Gasteiger partial charge < -0.3 is 25.1 Å². The number of hydrogen-bond donors (Lipinski definition) is 3. The number of hydrogen-bond acceptors (Lipinski definition) is 15. The van der Waals surface area contributed by atoms with E-state index in [1.165, 1.54) is 105 Å². The van der Waals surface area contributed by atoms with E-state index in [2.05, 4.69) is 66.8 Å². The third kappa shape index (κ3) is 9.41. The van der Waals surface area contributed by atoms with Crippen LogP contribution in [-0.4, -0.2) is 74.3 Å². The summed E-state index contributed by atoms with van der Waals surface area (Å²) < 4.78 is 1.18. The highest BCUT2D eigenvalue weighted by atomic mass is 79.9. The van der Waals surface area contributed by atoms with E-state index in [-0.39, 0.29) is 18.9 Å². The van der Waals surface area contributed by atoms with Gasteiger partial charge in [0.2, 0.25) is 0 Å². The Kier molecular flexibility index (Phi) is 14.2. The number of aliphatic hydroxyl groups excluding tert-OH is 2. The molecule has 66 heavy (non-hydrogen) atoms. The number of thiophene rings is 8. The zero-order valence-electron chi connectivity index (χ0n) is 35.2. The number of carbonyl (C=O) groups excluding carboxylic acids is 2. The number of carbonyl (C=O) groups is 3. The van der Waals surface area contributed by atoms with E-state index in [1.54, 1.807) is 56.7 Å². The first-order valence-electron chi connectivity index (χ1n) is 20.4. The first-order chi connectivity index (χ1) is 32.0. The number of carboxylic acids is 1. The van der Waals surface area contributed by atoms with Crippen molar-refractivity contribution >= 4 is 141 Å². The minimum atomic E-state index is -1.20. The van der Waals surface area contributed by atoms with E-state index in [0.29, 0.717) is 13.1 Å². The lowest BCUT2D eigenvalue weighted by Gasteiger charge is -2.14. The van der Waals surface area contributed by atoms with Crippen LogP contribution in [0.5, 0.6) is 0 Å². The molecule has 0 amide bonds. The Hall–Kier alpha value is -4.36. The number of aliphatic carboxylic acids is 1. The Labute approximate surface area is 421 Å². The van der Waals surface area contributed by atoms with Gasteiger partial charge in [0.05, 0.1) is 53.1 Å². The van der Waals surface area contributed by atoms with Crippen molar-refractivity contribution in [3.63, 3.8) is 0 Å². The van der Waals surface area contributed by atoms with Crippen molar-refractivity contribution in [1.82, 2.24) is 0 Å². The predicted molar refractivity (Wildman–Crippen MR) is 283 cm³/mol. The van der Waals surface area contributed by atoms with Crippen molar-refractivity contribution < 1.29 is 29.7 Å². The molecule has 0 saturated heterocycles. The van der Waals surface area contributed by atoms with Gasteiger partial charge in [-0.25, -0.2) is 4.85 Å². The number of rotatable bonds is 10. The number of fused-ring (bicyclic) bond motifs is 12. The summed E-state index contributed by atoms with van der Waals surface area (Å²) in [6, 6.07) is 17.0. The molecule has 4 aliphatic rings. The number of aldehydes is 2. The molecule has 0 spiro atoms. The first-order valence-corrected chi connectivity index (χ1v) is 27.9. The van der Waals surface area contributed by atoms with Crippen LogP contribution >= 0.6 is 107 Å². The van der Waals surface area contributed by atoms with Gasteiger partial charge in [-0.1, -0.05) is 0 Å². The van der Waals surface area contributed by atoms with E-state index in [4.69, 9.17) is 21.9 Å². The largest absolute Gasteiger partial charge is 0.486 e. The third-order valence-electron chi connectivity index (χ3n) is 11.2. The van der Waals surface area contributed by atoms with Crippen molar-refractivity contribution in [2.24, 2.45) is 0 Å². The van der Waals surface area contributed by atoms with Crippen LogP contribution in [0.1, 0.15) is 68.7 Å². The molecule has 8 aromatic heterocycles. The molecule has 9 nitrogen and oxygen atoms in total. The second-order valence-electron chi connectivity index (χ2n) is 15.5. The Morgan fingerprint density at radius 2 is 1.00 bits per heavy atom. The van der Waals surface area contributed by atoms with Crippen LogP contribution < -0.4 is 9.80 Å². The molecule has 0 saturated carbocycles. The monoisotopic (exact) mass is 1090 g/mol. The quantitative estimate of drug-likeness (QED) is 0.0703. The Morgan fingerprint density at radius 1 is 0.606 bits per heavy atom. The molecule has 8 aromatic rings. The normalized spacial score (nSPS) is 12.6. The maximum atomic E-state index is 10.9. The molecule has 4 aliphatic carbocycles. The lowest BCUT2D eigenvalue weighted by molar-refractivity contribution is -0.132. The van der Waals surface area contributed by atoms with E-state index >= 15 is 0 Å². The van der Waals surface area contributed by atoms with Gasteiger partial charge in [0, 0.05) is 87.0 Å². The highest BCUT2D eigenvalue weighted by molar-refractivity contribution is 9.11. The van der Waals surface area contributed by atoms with E-state index in [1.807, 2.05) is 59.9 Å². The Bertz CT molecular complexity index is 3160. The summed E-state index contributed by atoms with van der Waals surface area (Å²) in [6.45, 7) is 8.45. The van der Waals surface area contributed by atoms with E-state index in [9.17, 15) is 14.4 Å². The molecule has 18 heteroatoms. The zero-order chi connectivity index (χ0) is 46.2. The lowest BCUT2D eigenvalue weighted by atomic mass is 10.2. The van der Waals surface area contributed by atoms with E-state index < -0.39 is 5.97 Å². The maximum Gasteiger partial charge on any atom is 0.333 e. The molecule has 0 atom stereocenters. The molecule has 0 bridgehead atoms. The van der Waals surface area contributed by atoms with Crippen LogP contribution in [0.3, 0.4) is 0 Å². The summed E-state index contributed by atoms with van der Waals surface area (Å²) >= 11 is 17.1. The molecule has 0 aromatic carbocycles. The van der Waals surface area contributed by atoms with Crippen LogP contribution in [0, 0.1) is 6.57 Å². The first kappa shape index (κ1) is 46.7. The average molecular weight is 1090 g/mol. The molecule has 3 N–H and O–H groups in total. The van der Waals surface area contributed by atoms with Gasteiger partial charge in [-0.2, -0.15) is 0 Å². The van der Waals surface area contributed by atoms with Gasteiger partial charge in [0.15, 0.2) is 12.6 Å². The number of aliphatic hydroxyl groups is 2. The number of likely N-dealkylation sites (N-methyl/N-ethyl adjacent to an activating group) is 2. The lowest BCUT2D eigenvalue weighted by Crippen LogP contribution is -2.19. The molecule has 12 rings (SSSR count). The van der Waals surface area contributed by atoms with Crippen LogP contribution in [0.15, 0.2) is 68.8 Å². The van der Waals surface area contributed by atoms with Crippen molar-refractivity contribution in [2.45, 2.75) is 25.7 Å². The molecular formula is C48H38BrN3O6S8. The summed E-state index contributed by atoms with van der Waals surface area (Å²) in [5.74, 6) is -1.20. The number of anilines is 2. The smallest absolute Gasteiger partial charge is 0.333 e. The van der Waals surface area contributed by atoms with Gasteiger partial charge >= 0.3 is 5.97 Å². The summed E-state index contributed by atoms with van der Waals surface area (Å²) in [5.41, 5.74) is 10.6. The number of nitrogens with zero attached hydrogens (tertiary/aromatic N) is 3. The fourth-order valence-electron chi connectivity index (χ4n) is 8.04. The molecule has 0 aliphatic heterocycles. The minimum Gasteiger partial charge on any atom is -0.486 e. The van der Waals surface area contributed by atoms with Crippen LogP contribution in [0.2, 0.25) is 0 Å². The Morgan fingerprint density at radius 3 is 1.44 bits per heavy atom. The van der Waals surface area contributed by atoms with Gasteiger partial charge in [-0.15, -0.1) is 90.7 Å². The van der Waals surface area contributed by atoms with Crippen molar-refractivity contribution in [1.29, 1.82) is 0 Å². The molecule has 0 radical (unpaired) electrons. The van der Waals surface area contributed by atoms with Crippen LogP contribution in [-0.2, 0) is 30.5 Å². The summed E-state index contributed by atoms with van der Waals surface area (Å²) in [5, 5.41) is 33.6. The van der Waals surface area contributed by atoms with Gasteiger partial charge in [0.25, 0.3) is 5.70 Å². The summed E-state index contributed by atoms with van der Waals surface area (Å²) in [7, 11) is 3.94. The zero-order valence-corrected chi connectivity index (χ0v) is 43.3. The van der Waals surface area contributed by atoms with Crippen LogP contribution in [0.4, 0.5) is 10.0 Å². The third-order valence-corrected chi connectivity index (χ3v) is 21.3. The summed E-state index contributed by atoms with van der Waals surface area (Å²) in [4.78, 5) is 52.5. The van der Waals surface area contributed by atoms with Gasteiger partial charge in [0.1, 0.15) is 0 Å². The van der Waals surface area contributed by atoms with Crippen molar-refractivity contribution in [3.05, 3.63) is 139 Å². The molecule has 0 fully saturated rings. The van der Waals surface area contributed by atoms with Crippen molar-refractivity contribution in [2.75, 3.05) is 50.2 Å². The summed E-state index contributed by atoms with van der Waals surface area (Å²) in [6.07, 6.45) is 7.21. The molecule has 336 valence electrons. The van der Waals surface area contributed by atoms with Crippen molar-refractivity contribution in [3.8, 4) is 39.0 Å². The molecule has 0 unspecified atom stereocenters. The number of carboxylic acid groups (broad SMARTS) is 1. The Balaban J connectivity index is 0.000000114. The fourth-order valence-corrected chi connectivity index (χ4v) is 17.8. The standard InChI is InChI=1S/C16H14N2O3S2.C13H13NO2S2.C10H5BrOS2.C9H6S2/c1-17-12(16(20)21)8-11-6-9-5-10-7-13(18(2)3-4-19)23-15(10)14(9)22-11;1-14(2-3-15)11-6-9-4-8-5-10(7-16)17-12(8)13(9)18-11;11-8-3-6-1-5-2-7(4-12)13-9(5)10(6)14-8;1-3-10-8-6(1)5-7-2-4-11-9(7)8/h6-8,19H,3-5H2,2H3,(H,20,21);5-7,15H,2-4H2,1H3;2-4H,1H2;1-4H,5H2/b12-8-;;;. The second-order valence-corrected chi connectivity index (χ2v) is 25.1. The van der Waals surface area contributed by atoms with Gasteiger partial charge in [-0.3, -0.25) is 14.4 Å². The average Bonchev–Trinajstić information content (AvgIpc) is 4.11. The maximum absolute atomic E-state index is 10.9. The van der Waals surface area contributed by atoms with Crippen LogP contribution in [0.25, 0.3) is 49.9 Å². The van der Waals surface area contributed by atoms with Gasteiger partial charge in [-0.05, 0) is 126 Å². The topological polar surface area (TPSA) is 123 Å². The fraction of sp³-hybridized carbons (Fsp3) is 0.208. The predicted octanol–water partition coefficient (Wildman–Crippen LogP) is 13.1.